The molecule has 1 aromatic carbocycles. The molecule has 1 fully saturated rings. The Hall–Kier alpha value is -1.92. The van der Waals surface area contributed by atoms with Crippen LogP contribution in [-0.2, 0) is 20.7 Å². The highest BCUT2D eigenvalue weighted by Crippen LogP contribution is 2.05. The lowest BCUT2D eigenvalue weighted by Gasteiger charge is -2.32. The number of hydrogen-bond donors (Lipinski definition) is 2. The molecule has 1 aromatic rings. The van der Waals surface area contributed by atoms with Crippen LogP contribution in [-0.4, -0.2) is 62.1 Å². The lowest BCUT2D eigenvalue weighted by molar-refractivity contribution is -0.138. The van der Waals surface area contributed by atoms with E-state index < -0.39 is 6.04 Å². The molecule has 2 N–H and O–H groups in total. The zero-order valence-electron chi connectivity index (χ0n) is 14.3. The van der Waals surface area contributed by atoms with E-state index in [0.29, 0.717) is 39.4 Å². The maximum Gasteiger partial charge on any atom is 0.240 e. The second-order valence-electron chi connectivity index (χ2n) is 5.82. The van der Waals surface area contributed by atoms with Gasteiger partial charge < -0.3 is 20.3 Å². The fraction of sp³-hybridized carbons (Fsp3) is 0.556. The molecule has 1 unspecified atom stereocenters. The molecule has 6 heteroatoms. The number of nitrogens with zero attached hydrogens (tertiary/aromatic N) is 1. The highest BCUT2D eigenvalue weighted by Gasteiger charge is 2.29. The minimum absolute atomic E-state index is 0.0147. The Morgan fingerprint density at radius 2 is 2.17 bits per heavy atom. The fourth-order valence-electron chi connectivity index (χ4n) is 2.74. The molecule has 24 heavy (non-hydrogen) atoms. The van der Waals surface area contributed by atoms with Crippen molar-refractivity contribution in [3.63, 3.8) is 0 Å². The molecule has 0 bridgehead atoms. The average molecular weight is 333 g/mol. The van der Waals surface area contributed by atoms with E-state index in [0.717, 1.165) is 6.42 Å². The third-order valence-electron chi connectivity index (χ3n) is 4.06. The molecule has 132 valence electrons. The Morgan fingerprint density at radius 1 is 1.38 bits per heavy atom. The smallest absolute Gasteiger partial charge is 0.240 e. The second kappa shape index (κ2) is 10.1. The minimum Gasteiger partial charge on any atom is -0.380 e. The monoisotopic (exact) mass is 333 g/mol. The maximum absolute atomic E-state index is 12.4. The van der Waals surface area contributed by atoms with Gasteiger partial charge in [0.25, 0.3) is 0 Å². The highest BCUT2D eigenvalue weighted by molar-refractivity contribution is 5.88. The molecule has 1 aliphatic heterocycles. The van der Waals surface area contributed by atoms with Crippen molar-refractivity contribution in [1.82, 2.24) is 15.5 Å². The zero-order valence-corrected chi connectivity index (χ0v) is 14.3. The lowest BCUT2D eigenvalue weighted by atomic mass is 10.1. The molecule has 0 aromatic heterocycles. The van der Waals surface area contributed by atoms with Crippen molar-refractivity contribution in [3.05, 3.63) is 35.9 Å². The Labute approximate surface area is 143 Å². The van der Waals surface area contributed by atoms with E-state index in [1.807, 2.05) is 37.3 Å². The molecule has 0 radical (unpaired) electrons. The van der Waals surface area contributed by atoms with Gasteiger partial charge in [-0.1, -0.05) is 30.3 Å². The standard InChI is InChI=1S/C18H27N3O3/c1-2-24-13-12-21-11-10-19-16(18(21)23)14-17(22)20-9-8-15-6-4-3-5-7-15/h3-7,16,19H,2,8-14H2,1H3,(H,20,22). The van der Waals surface area contributed by atoms with Crippen LogP contribution >= 0.6 is 0 Å². The molecular weight excluding hydrogens is 306 g/mol. The van der Waals surface area contributed by atoms with Crippen molar-refractivity contribution >= 4 is 11.8 Å². The molecule has 1 saturated heterocycles. The Bertz CT molecular complexity index is 522. The largest absolute Gasteiger partial charge is 0.380 e. The molecule has 0 spiro atoms. The zero-order chi connectivity index (χ0) is 17.2. The van der Waals surface area contributed by atoms with Gasteiger partial charge in [-0.05, 0) is 18.9 Å². The van der Waals surface area contributed by atoms with E-state index in [9.17, 15) is 9.59 Å². The first-order valence-electron chi connectivity index (χ1n) is 8.61. The molecule has 2 rings (SSSR count). The SMILES string of the molecule is CCOCCN1CCNC(CC(=O)NCCc2ccccc2)C1=O. The van der Waals surface area contributed by atoms with Gasteiger partial charge in [0.05, 0.1) is 19.1 Å². The van der Waals surface area contributed by atoms with Gasteiger partial charge in [0.15, 0.2) is 0 Å². The maximum atomic E-state index is 12.4. The normalized spacial score (nSPS) is 17.8. The van der Waals surface area contributed by atoms with Crippen molar-refractivity contribution in [2.24, 2.45) is 0 Å². The summed E-state index contributed by atoms with van der Waals surface area (Å²) in [6.07, 6.45) is 0.970. The van der Waals surface area contributed by atoms with Gasteiger partial charge in [-0.2, -0.15) is 0 Å². The van der Waals surface area contributed by atoms with E-state index >= 15 is 0 Å². The second-order valence-corrected chi connectivity index (χ2v) is 5.82. The van der Waals surface area contributed by atoms with Gasteiger partial charge in [0.1, 0.15) is 0 Å². The predicted molar refractivity (Wildman–Crippen MR) is 92.6 cm³/mol. The molecule has 0 aliphatic carbocycles. The summed E-state index contributed by atoms with van der Waals surface area (Å²) < 4.78 is 5.30. The van der Waals surface area contributed by atoms with Crippen LogP contribution in [0.1, 0.15) is 18.9 Å². The fourth-order valence-corrected chi connectivity index (χ4v) is 2.74. The van der Waals surface area contributed by atoms with Crippen LogP contribution in [0, 0.1) is 0 Å². The van der Waals surface area contributed by atoms with E-state index in [-0.39, 0.29) is 18.2 Å². The van der Waals surface area contributed by atoms with Gasteiger partial charge >= 0.3 is 0 Å². The Kier molecular flexibility index (Phi) is 7.71. The third-order valence-corrected chi connectivity index (χ3v) is 4.06. The van der Waals surface area contributed by atoms with Crippen LogP contribution in [0.25, 0.3) is 0 Å². The molecular formula is C18H27N3O3. The van der Waals surface area contributed by atoms with Crippen molar-refractivity contribution in [2.75, 3.05) is 39.4 Å². The van der Waals surface area contributed by atoms with Gasteiger partial charge in [0, 0.05) is 32.8 Å². The first-order chi connectivity index (χ1) is 11.7. The van der Waals surface area contributed by atoms with E-state index in [1.165, 1.54) is 5.56 Å². The summed E-state index contributed by atoms with van der Waals surface area (Å²) in [5.41, 5.74) is 1.19. The minimum atomic E-state index is -0.433. The molecule has 6 nitrogen and oxygen atoms in total. The summed E-state index contributed by atoms with van der Waals surface area (Å²) in [4.78, 5) is 26.2. The van der Waals surface area contributed by atoms with Crippen LogP contribution in [0.2, 0.25) is 0 Å². The summed E-state index contributed by atoms with van der Waals surface area (Å²) in [7, 11) is 0. The van der Waals surface area contributed by atoms with Crippen LogP contribution in [0.4, 0.5) is 0 Å². The van der Waals surface area contributed by atoms with Crippen LogP contribution in [0.3, 0.4) is 0 Å². The van der Waals surface area contributed by atoms with E-state index in [2.05, 4.69) is 10.6 Å². The lowest BCUT2D eigenvalue weighted by Crippen LogP contribution is -2.56. The highest BCUT2D eigenvalue weighted by atomic mass is 16.5. The summed E-state index contributed by atoms with van der Waals surface area (Å²) >= 11 is 0. The number of rotatable bonds is 9. The molecule has 0 saturated carbocycles. The van der Waals surface area contributed by atoms with Crippen LogP contribution < -0.4 is 10.6 Å². The number of benzene rings is 1. The summed E-state index contributed by atoms with van der Waals surface area (Å²) in [6.45, 7) is 5.66. The van der Waals surface area contributed by atoms with Crippen molar-refractivity contribution < 1.29 is 14.3 Å². The first kappa shape index (κ1) is 18.4. The third kappa shape index (κ3) is 5.94. The number of amides is 2. The summed E-state index contributed by atoms with van der Waals surface area (Å²) in [5.74, 6) is -0.109. The Morgan fingerprint density at radius 3 is 2.92 bits per heavy atom. The van der Waals surface area contributed by atoms with Gasteiger partial charge in [-0.3, -0.25) is 9.59 Å². The molecule has 1 atom stereocenters. The Balaban J connectivity index is 1.71. The number of hydrogen-bond acceptors (Lipinski definition) is 4. The van der Waals surface area contributed by atoms with Crippen LogP contribution in [0.15, 0.2) is 30.3 Å². The molecule has 1 aliphatic rings. The number of piperazine rings is 1. The number of carbonyl (C=O) groups is 2. The molecule has 2 amide bonds. The van der Waals surface area contributed by atoms with Gasteiger partial charge in [-0.25, -0.2) is 0 Å². The van der Waals surface area contributed by atoms with Gasteiger partial charge in [0.2, 0.25) is 11.8 Å². The summed E-state index contributed by atoms with van der Waals surface area (Å²) in [5, 5.41) is 6.03. The number of ether oxygens (including phenoxy) is 1. The predicted octanol–water partition coefficient (Wildman–Crippen LogP) is 0.572. The van der Waals surface area contributed by atoms with E-state index in [1.54, 1.807) is 4.90 Å². The summed E-state index contributed by atoms with van der Waals surface area (Å²) in [6, 6.07) is 9.58. The number of nitrogens with one attached hydrogen (secondary N) is 2. The topological polar surface area (TPSA) is 70.7 Å². The van der Waals surface area contributed by atoms with Gasteiger partial charge in [-0.15, -0.1) is 0 Å². The quantitative estimate of drug-likeness (QED) is 0.648. The number of carbonyl (C=O) groups excluding carboxylic acids is 2. The van der Waals surface area contributed by atoms with Crippen molar-refractivity contribution in [2.45, 2.75) is 25.8 Å². The van der Waals surface area contributed by atoms with Crippen LogP contribution in [0.5, 0.6) is 0 Å². The average Bonchev–Trinajstić information content (AvgIpc) is 2.59. The first-order valence-corrected chi connectivity index (χ1v) is 8.61. The van der Waals surface area contributed by atoms with Crippen molar-refractivity contribution in [3.8, 4) is 0 Å². The van der Waals surface area contributed by atoms with Crippen molar-refractivity contribution in [1.29, 1.82) is 0 Å². The molecule has 1 heterocycles. The van der Waals surface area contributed by atoms with E-state index in [4.69, 9.17) is 4.74 Å².